The lowest BCUT2D eigenvalue weighted by molar-refractivity contribution is 0.198. The van der Waals surface area contributed by atoms with Gasteiger partial charge in [-0.2, -0.15) is 0 Å². The molecule has 10 heavy (non-hydrogen) atoms. The topological polar surface area (TPSA) is 20.2 Å². The fraction of sp³-hybridized carbons (Fsp3) is 0.778. The van der Waals surface area contributed by atoms with E-state index in [1.807, 2.05) is 6.92 Å². The van der Waals surface area contributed by atoms with Gasteiger partial charge in [-0.15, -0.1) is 0 Å². The van der Waals surface area contributed by atoms with Crippen molar-refractivity contribution in [3.63, 3.8) is 0 Å². The van der Waals surface area contributed by atoms with Crippen LogP contribution >= 0.6 is 0 Å². The Hall–Kier alpha value is -0.300. The van der Waals surface area contributed by atoms with E-state index in [0.29, 0.717) is 5.92 Å². The first-order valence-electron chi connectivity index (χ1n) is 3.88. The molecule has 0 amide bonds. The fourth-order valence-corrected chi connectivity index (χ4v) is 0.592. The molecular formula is C9H18O. The highest BCUT2D eigenvalue weighted by molar-refractivity contribution is 5.00. The first-order valence-corrected chi connectivity index (χ1v) is 3.88. The fourth-order valence-electron chi connectivity index (χ4n) is 0.592. The normalized spacial score (nSPS) is 16.0. The van der Waals surface area contributed by atoms with Gasteiger partial charge < -0.3 is 5.11 Å². The molecule has 0 saturated carbocycles. The molecule has 0 spiro atoms. The van der Waals surface area contributed by atoms with Gasteiger partial charge in [-0.1, -0.05) is 25.5 Å². The third-order valence-corrected chi connectivity index (χ3v) is 1.69. The maximum atomic E-state index is 8.94. The van der Waals surface area contributed by atoms with Gasteiger partial charge in [0.2, 0.25) is 0 Å². The quantitative estimate of drug-likeness (QED) is 0.600. The monoisotopic (exact) mass is 142 g/mol. The summed E-state index contributed by atoms with van der Waals surface area (Å²) in [6.07, 6.45) is 2.69. The van der Waals surface area contributed by atoms with Crippen molar-refractivity contribution in [2.75, 3.05) is 0 Å². The molecular weight excluding hydrogens is 124 g/mol. The lowest BCUT2D eigenvalue weighted by Gasteiger charge is -2.05. The molecule has 0 heterocycles. The van der Waals surface area contributed by atoms with Crippen molar-refractivity contribution in [1.82, 2.24) is 0 Å². The Bertz CT molecular complexity index is 112. The smallest absolute Gasteiger partial charge is 0.0546 e. The molecule has 1 heteroatoms. The van der Waals surface area contributed by atoms with Crippen molar-refractivity contribution >= 4 is 0 Å². The minimum atomic E-state index is -0.200. The molecule has 0 aliphatic carbocycles. The third-order valence-electron chi connectivity index (χ3n) is 1.69. The summed E-state index contributed by atoms with van der Waals surface area (Å²) >= 11 is 0. The zero-order chi connectivity index (χ0) is 8.15. The number of aliphatic hydroxyl groups is 1. The van der Waals surface area contributed by atoms with Crippen molar-refractivity contribution < 1.29 is 5.11 Å². The molecule has 0 aliphatic rings. The summed E-state index contributed by atoms with van der Waals surface area (Å²) in [5.41, 5.74) is 1.36. The summed E-state index contributed by atoms with van der Waals surface area (Å²) in [6.45, 7) is 8.24. The van der Waals surface area contributed by atoms with Crippen LogP contribution in [-0.4, -0.2) is 11.2 Å². The highest BCUT2D eigenvalue weighted by atomic mass is 16.3. The van der Waals surface area contributed by atoms with Crippen LogP contribution in [-0.2, 0) is 0 Å². The van der Waals surface area contributed by atoms with Crippen molar-refractivity contribution in [2.45, 2.75) is 40.2 Å². The summed E-state index contributed by atoms with van der Waals surface area (Å²) in [5, 5.41) is 8.94. The lowest BCUT2D eigenvalue weighted by Crippen LogP contribution is -1.98. The van der Waals surface area contributed by atoms with Gasteiger partial charge in [-0.05, 0) is 26.2 Å². The van der Waals surface area contributed by atoms with E-state index in [0.717, 1.165) is 6.42 Å². The SMILES string of the molecule is C/C(=C\CC(C)O)C(C)C. The lowest BCUT2D eigenvalue weighted by atomic mass is 10.0. The average Bonchev–Trinajstić information content (AvgIpc) is 1.82. The van der Waals surface area contributed by atoms with Gasteiger partial charge in [0.25, 0.3) is 0 Å². The molecule has 0 bridgehead atoms. The second-order valence-corrected chi connectivity index (χ2v) is 3.19. The average molecular weight is 142 g/mol. The van der Waals surface area contributed by atoms with E-state index in [1.165, 1.54) is 5.57 Å². The van der Waals surface area contributed by atoms with E-state index in [-0.39, 0.29) is 6.10 Å². The van der Waals surface area contributed by atoms with E-state index >= 15 is 0 Å². The number of allylic oxidation sites excluding steroid dienone is 1. The Labute approximate surface area is 63.8 Å². The van der Waals surface area contributed by atoms with Gasteiger partial charge in [-0.3, -0.25) is 0 Å². The van der Waals surface area contributed by atoms with Gasteiger partial charge >= 0.3 is 0 Å². The van der Waals surface area contributed by atoms with Crippen LogP contribution in [0.15, 0.2) is 11.6 Å². The zero-order valence-electron chi connectivity index (χ0n) is 7.39. The number of hydrogen-bond acceptors (Lipinski definition) is 1. The molecule has 0 saturated heterocycles. The largest absolute Gasteiger partial charge is 0.393 e. The Morgan fingerprint density at radius 2 is 1.90 bits per heavy atom. The summed E-state index contributed by atoms with van der Waals surface area (Å²) in [4.78, 5) is 0. The number of rotatable bonds is 3. The molecule has 1 atom stereocenters. The molecule has 1 nitrogen and oxygen atoms in total. The van der Waals surface area contributed by atoms with Crippen LogP contribution in [0, 0.1) is 5.92 Å². The molecule has 0 aromatic carbocycles. The first-order chi connectivity index (χ1) is 4.54. The highest BCUT2D eigenvalue weighted by Crippen LogP contribution is 2.09. The van der Waals surface area contributed by atoms with Crippen LogP contribution in [0.2, 0.25) is 0 Å². The van der Waals surface area contributed by atoms with Gasteiger partial charge in [-0.25, -0.2) is 0 Å². The Balaban J connectivity index is 3.69. The molecule has 0 fully saturated rings. The van der Waals surface area contributed by atoms with E-state index < -0.39 is 0 Å². The van der Waals surface area contributed by atoms with Gasteiger partial charge in [0.05, 0.1) is 6.10 Å². The molecule has 0 aromatic heterocycles. The maximum absolute atomic E-state index is 8.94. The van der Waals surface area contributed by atoms with E-state index in [2.05, 4.69) is 26.8 Å². The summed E-state index contributed by atoms with van der Waals surface area (Å²) in [6, 6.07) is 0. The van der Waals surface area contributed by atoms with Crippen molar-refractivity contribution in [2.24, 2.45) is 5.92 Å². The number of hydrogen-bond donors (Lipinski definition) is 1. The second kappa shape index (κ2) is 4.51. The van der Waals surface area contributed by atoms with Crippen LogP contribution in [0.3, 0.4) is 0 Å². The maximum Gasteiger partial charge on any atom is 0.0546 e. The molecule has 60 valence electrons. The molecule has 0 aliphatic heterocycles. The number of aliphatic hydroxyl groups excluding tert-OH is 1. The minimum Gasteiger partial charge on any atom is -0.393 e. The van der Waals surface area contributed by atoms with Crippen LogP contribution in [0.25, 0.3) is 0 Å². The molecule has 0 rings (SSSR count). The van der Waals surface area contributed by atoms with Crippen molar-refractivity contribution in [3.05, 3.63) is 11.6 Å². The predicted molar refractivity (Wildman–Crippen MR) is 44.9 cm³/mol. The second-order valence-electron chi connectivity index (χ2n) is 3.19. The van der Waals surface area contributed by atoms with E-state index in [4.69, 9.17) is 5.11 Å². The standard InChI is InChI=1S/C9H18O/c1-7(2)8(3)5-6-9(4)10/h5,7,9-10H,6H2,1-4H3/b8-5+. The van der Waals surface area contributed by atoms with Crippen molar-refractivity contribution in [3.8, 4) is 0 Å². The molecule has 1 N–H and O–H groups in total. The van der Waals surface area contributed by atoms with Gasteiger partial charge in [0, 0.05) is 0 Å². The molecule has 0 radical (unpaired) electrons. The molecule has 1 unspecified atom stereocenters. The van der Waals surface area contributed by atoms with E-state index in [9.17, 15) is 0 Å². The van der Waals surface area contributed by atoms with Crippen LogP contribution in [0.5, 0.6) is 0 Å². The highest BCUT2D eigenvalue weighted by Gasteiger charge is 1.96. The van der Waals surface area contributed by atoms with E-state index in [1.54, 1.807) is 0 Å². The summed E-state index contributed by atoms with van der Waals surface area (Å²) in [5.74, 6) is 0.610. The Morgan fingerprint density at radius 1 is 1.40 bits per heavy atom. The molecule has 0 aromatic rings. The predicted octanol–water partition coefficient (Wildman–Crippen LogP) is 2.36. The van der Waals surface area contributed by atoms with Crippen molar-refractivity contribution in [1.29, 1.82) is 0 Å². The third kappa shape index (κ3) is 4.57. The first kappa shape index (κ1) is 9.70. The van der Waals surface area contributed by atoms with Crippen LogP contribution in [0.1, 0.15) is 34.1 Å². The zero-order valence-corrected chi connectivity index (χ0v) is 7.39. The summed E-state index contributed by atoms with van der Waals surface area (Å²) in [7, 11) is 0. The Morgan fingerprint density at radius 3 is 2.20 bits per heavy atom. The minimum absolute atomic E-state index is 0.200. The Kier molecular flexibility index (Phi) is 4.37. The van der Waals surface area contributed by atoms with Crippen LogP contribution in [0.4, 0.5) is 0 Å². The van der Waals surface area contributed by atoms with Gasteiger partial charge in [0.1, 0.15) is 0 Å². The summed E-state index contributed by atoms with van der Waals surface area (Å²) < 4.78 is 0. The van der Waals surface area contributed by atoms with Gasteiger partial charge in [0.15, 0.2) is 0 Å². The van der Waals surface area contributed by atoms with Crippen LogP contribution < -0.4 is 0 Å².